The van der Waals surface area contributed by atoms with Gasteiger partial charge in [-0.1, -0.05) is 29.3 Å². The molecule has 1 fully saturated rings. The lowest BCUT2D eigenvalue weighted by atomic mass is 10.3. The van der Waals surface area contributed by atoms with Gasteiger partial charge in [0.1, 0.15) is 10.6 Å². The molecule has 1 aliphatic heterocycles. The number of imidazole rings is 1. The average Bonchev–Trinajstić information content (AvgIpc) is 3.16. The van der Waals surface area contributed by atoms with E-state index in [2.05, 4.69) is 37.4 Å². The number of aromatic amines is 1. The Morgan fingerprint density at radius 2 is 1.85 bits per heavy atom. The van der Waals surface area contributed by atoms with Crippen LogP contribution in [0.2, 0.25) is 10.0 Å². The zero-order valence-electron chi connectivity index (χ0n) is 18.3. The minimum atomic E-state index is -4.26. The number of hydrogen-bond acceptors (Lipinski definition) is 7. The molecule has 0 saturated carbocycles. The summed E-state index contributed by atoms with van der Waals surface area (Å²) in [5.74, 6) is 0.261. The molecule has 2 heterocycles. The van der Waals surface area contributed by atoms with Gasteiger partial charge in [0.25, 0.3) is 0 Å². The standard InChI is InChI=1S/C21H24Cl2N6O4S/c1-28-9-11-29(12-10-28)8-7-24-21(30)27-20-25-17-6-5-14(13-18(17)26-20)33-34(31,32)19-15(22)3-2-4-16(19)23/h2-6,13H,7-12H2,1H3,(H3,24,25,26,27,30). The maximum absolute atomic E-state index is 12.7. The molecule has 182 valence electrons. The maximum Gasteiger partial charge on any atom is 0.342 e. The van der Waals surface area contributed by atoms with Crippen LogP contribution in [0, 0.1) is 0 Å². The van der Waals surface area contributed by atoms with Crippen molar-refractivity contribution in [1.29, 1.82) is 0 Å². The van der Waals surface area contributed by atoms with Crippen LogP contribution >= 0.6 is 23.2 Å². The van der Waals surface area contributed by atoms with Crippen LogP contribution in [0.4, 0.5) is 10.7 Å². The minimum absolute atomic E-state index is 0.0373. The molecule has 0 aliphatic carbocycles. The fraction of sp³-hybridized carbons (Fsp3) is 0.333. The number of carbonyl (C=O) groups is 1. The highest BCUT2D eigenvalue weighted by atomic mass is 35.5. The van der Waals surface area contributed by atoms with Gasteiger partial charge in [-0.3, -0.25) is 10.2 Å². The van der Waals surface area contributed by atoms with Crippen molar-refractivity contribution in [3.8, 4) is 5.75 Å². The number of benzene rings is 2. The van der Waals surface area contributed by atoms with Crippen molar-refractivity contribution in [2.75, 3.05) is 51.6 Å². The second-order valence-electron chi connectivity index (χ2n) is 7.88. The lowest BCUT2D eigenvalue weighted by Crippen LogP contribution is -2.47. The molecule has 34 heavy (non-hydrogen) atoms. The molecule has 0 bridgehead atoms. The number of carbonyl (C=O) groups excluding carboxylic acids is 1. The molecule has 13 heteroatoms. The van der Waals surface area contributed by atoms with Gasteiger partial charge < -0.3 is 19.4 Å². The molecular weight excluding hydrogens is 503 g/mol. The van der Waals surface area contributed by atoms with Crippen LogP contribution in [0.15, 0.2) is 41.3 Å². The molecule has 0 radical (unpaired) electrons. The minimum Gasteiger partial charge on any atom is -0.379 e. The monoisotopic (exact) mass is 526 g/mol. The number of halogens is 2. The van der Waals surface area contributed by atoms with E-state index in [1.807, 2.05) is 0 Å². The number of hydrogen-bond donors (Lipinski definition) is 3. The number of likely N-dealkylation sites (N-methyl/N-ethyl adjacent to an activating group) is 1. The normalized spacial score (nSPS) is 15.4. The van der Waals surface area contributed by atoms with E-state index in [0.717, 1.165) is 32.7 Å². The van der Waals surface area contributed by atoms with E-state index < -0.39 is 10.1 Å². The SMILES string of the molecule is CN1CCN(CCNC(=O)Nc2nc3ccc(OS(=O)(=O)c4c(Cl)cccc4Cl)cc3[nH]2)CC1. The molecule has 10 nitrogen and oxygen atoms in total. The molecule has 1 aliphatic rings. The van der Waals surface area contributed by atoms with Crippen LogP contribution in [-0.2, 0) is 10.1 Å². The molecule has 1 aromatic heterocycles. The molecule has 2 aromatic carbocycles. The number of rotatable bonds is 7. The van der Waals surface area contributed by atoms with Crippen molar-refractivity contribution in [3.05, 3.63) is 46.4 Å². The lowest BCUT2D eigenvalue weighted by Gasteiger charge is -2.32. The summed E-state index contributed by atoms with van der Waals surface area (Å²) in [7, 11) is -2.17. The van der Waals surface area contributed by atoms with Gasteiger partial charge in [-0.15, -0.1) is 0 Å². The third-order valence-corrected chi connectivity index (χ3v) is 7.58. The Labute approximate surface area is 207 Å². The topological polar surface area (TPSA) is 120 Å². The second-order valence-corrected chi connectivity index (χ2v) is 10.2. The second kappa shape index (κ2) is 10.4. The lowest BCUT2D eigenvalue weighted by molar-refractivity contribution is 0.155. The third kappa shape index (κ3) is 5.91. The first-order valence-corrected chi connectivity index (χ1v) is 12.7. The summed E-state index contributed by atoms with van der Waals surface area (Å²) in [6.45, 7) is 5.27. The molecule has 3 aromatic rings. The number of aromatic nitrogens is 2. The third-order valence-electron chi connectivity index (χ3n) is 5.37. The summed E-state index contributed by atoms with van der Waals surface area (Å²) in [5.41, 5.74) is 0.999. The van der Waals surface area contributed by atoms with Crippen molar-refractivity contribution in [2.24, 2.45) is 0 Å². The Morgan fingerprint density at radius 1 is 1.15 bits per heavy atom. The van der Waals surface area contributed by atoms with Gasteiger partial charge in [0.2, 0.25) is 5.95 Å². The summed E-state index contributed by atoms with van der Waals surface area (Å²) in [6.07, 6.45) is 0. The van der Waals surface area contributed by atoms with E-state index >= 15 is 0 Å². The van der Waals surface area contributed by atoms with E-state index in [1.165, 1.54) is 30.3 Å². The molecule has 0 atom stereocenters. The Morgan fingerprint density at radius 3 is 2.56 bits per heavy atom. The molecule has 2 amide bonds. The predicted octanol–water partition coefficient (Wildman–Crippen LogP) is 3.01. The van der Waals surface area contributed by atoms with Crippen molar-refractivity contribution in [3.63, 3.8) is 0 Å². The van der Waals surface area contributed by atoms with Crippen LogP contribution < -0.4 is 14.8 Å². The van der Waals surface area contributed by atoms with Crippen molar-refractivity contribution in [1.82, 2.24) is 25.1 Å². The first-order valence-electron chi connectivity index (χ1n) is 10.6. The van der Waals surface area contributed by atoms with E-state index in [-0.39, 0.29) is 32.7 Å². The van der Waals surface area contributed by atoms with Gasteiger partial charge in [0.05, 0.1) is 21.1 Å². The highest BCUT2D eigenvalue weighted by Gasteiger charge is 2.24. The predicted molar refractivity (Wildman–Crippen MR) is 131 cm³/mol. The number of fused-ring (bicyclic) bond motifs is 1. The summed E-state index contributed by atoms with van der Waals surface area (Å²) >= 11 is 12.0. The first-order chi connectivity index (χ1) is 16.2. The zero-order valence-corrected chi connectivity index (χ0v) is 20.7. The van der Waals surface area contributed by atoms with Gasteiger partial charge in [-0.25, -0.2) is 9.78 Å². The first kappa shape index (κ1) is 24.6. The van der Waals surface area contributed by atoms with E-state index in [9.17, 15) is 13.2 Å². The summed E-state index contributed by atoms with van der Waals surface area (Å²) in [5, 5.41) is 5.38. The van der Waals surface area contributed by atoms with Crippen molar-refractivity contribution < 1.29 is 17.4 Å². The number of urea groups is 1. The van der Waals surface area contributed by atoms with Gasteiger partial charge in [-0.2, -0.15) is 8.42 Å². The van der Waals surface area contributed by atoms with E-state index in [4.69, 9.17) is 27.4 Å². The number of nitrogens with one attached hydrogen (secondary N) is 3. The van der Waals surface area contributed by atoms with Crippen molar-refractivity contribution in [2.45, 2.75) is 4.90 Å². The summed E-state index contributed by atoms with van der Waals surface area (Å²) in [6, 6.07) is 8.46. The molecule has 3 N–H and O–H groups in total. The maximum atomic E-state index is 12.7. The summed E-state index contributed by atoms with van der Waals surface area (Å²) < 4.78 is 30.6. The Balaban J connectivity index is 1.37. The number of piperazine rings is 1. The highest BCUT2D eigenvalue weighted by molar-refractivity contribution is 7.87. The van der Waals surface area contributed by atoms with Gasteiger partial charge >= 0.3 is 16.1 Å². The molecule has 1 saturated heterocycles. The Bertz CT molecular complexity index is 1270. The van der Waals surface area contributed by atoms with Gasteiger partial charge in [-0.05, 0) is 31.3 Å². The number of nitrogens with zero attached hydrogens (tertiary/aromatic N) is 3. The van der Waals surface area contributed by atoms with Gasteiger partial charge in [0, 0.05) is 45.3 Å². The fourth-order valence-corrected chi connectivity index (χ4v) is 5.56. The van der Waals surface area contributed by atoms with Crippen LogP contribution in [0.25, 0.3) is 11.0 Å². The largest absolute Gasteiger partial charge is 0.379 e. The zero-order chi connectivity index (χ0) is 24.3. The van der Waals surface area contributed by atoms with Crippen LogP contribution in [0.5, 0.6) is 5.75 Å². The van der Waals surface area contributed by atoms with Crippen molar-refractivity contribution >= 4 is 56.3 Å². The van der Waals surface area contributed by atoms with E-state index in [1.54, 1.807) is 6.07 Å². The smallest absolute Gasteiger partial charge is 0.342 e. The molecule has 0 spiro atoms. The quantitative estimate of drug-likeness (QED) is 0.404. The van der Waals surface area contributed by atoms with Crippen LogP contribution in [0.1, 0.15) is 0 Å². The van der Waals surface area contributed by atoms with Crippen LogP contribution in [0.3, 0.4) is 0 Å². The van der Waals surface area contributed by atoms with Crippen LogP contribution in [-0.4, -0.2) is 80.5 Å². The van der Waals surface area contributed by atoms with E-state index in [0.29, 0.717) is 17.6 Å². The number of amides is 2. The molecule has 0 unspecified atom stereocenters. The average molecular weight is 527 g/mol. The Hall–Kier alpha value is -2.57. The number of anilines is 1. The molecule has 4 rings (SSSR count). The number of H-pyrrole nitrogens is 1. The molecular formula is C21H24Cl2N6O4S. The Kier molecular flexibility index (Phi) is 7.48. The van der Waals surface area contributed by atoms with Gasteiger partial charge in [0.15, 0.2) is 0 Å². The highest BCUT2D eigenvalue weighted by Crippen LogP contribution is 2.32. The fourth-order valence-electron chi connectivity index (χ4n) is 3.54. The summed E-state index contributed by atoms with van der Waals surface area (Å²) in [4.78, 5) is 23.7.